The number of hydrogen-bond acceptors (Lipinski definition) is 1. The molecule has 1 atom stereocenters. The summed E-state index contributed by atoms with van der Waals surface area (Å²) in [5, 5.41) is 0.363. The first-order valence-electron chi connectivity index (χ1n) is 4.80. The van der Waals surface area contributed by atoms with Gasteiger partial charge < -0.3 is 4.43 Å². The summed E-state index contributed by atoms with van der Waals surface area (Å²) in [7, 11) is -1.45. The van der Waals surface area contributed by atoms with Crippen LogP contribution in [0.5, 0.6) is 0 Å². The minimum absolute atomic E-state index is 0.363. The second-order valence-corrected chi connectivity index (χ2v) is 10.1. The third-order valence-electron chi connectivity index (χ3n) is 3.03. The molecule has 0 heterocycles. The Kier molecular flexibility index (Phi) is 2.69. The van der Waals surface area contributed by atoms with E-state index in [2.05, 4.69) is 40.3 Å². The fraction of sp³-hybridized carbons (Fsp3) is 0.900. The summed E-state index contributed by atoms with van der Waals surface area (Å²) in [6.45, 7) is 12.5. The van der Waals surface area contributed by atoms with Crippen LogP contribution in [0.3, 0.4) is 0 Å². The molecule has 0 N–H and O–H groups in total. The lowest BCUT2D eigenvalue weighted by atomic mass is 10.2. The molecule has 2 heteroatoms. The van der Waals surface area contributed by atoms with Crippen molar-refractivity contribution in [1.82, 2.24) is 0 Å². The summed E-state index contributed by atoms with van der Waals surface area (Å²) >= 11 is 0. The van der Waals surface area contributed by atoms with Crippen LogP contribution in [-0.2, 0) is 4.43 Å². The fourth-order valence-electron chi connectivity index (χ4n) is 0.764. The van der Waals surface area contributed by atoms with Gasteiger partial charge in [0.05, 0.1) is 0 Å². The van der Waals surface area contributed by atoms with Crippen LogP contribution in [0.2, 0.25) is 18.1 Å². The van der Waals surface area contributed by atoms with Crippen LogP contribution >= 0.6 is 0 Å². The topological polar surface area (TPSA) is 9.23 Å². The molecule has 0 aromatic carbocycles. The van der Waals surface area contributed by atoms with E-state index in [4.69, 9.17) is 4.43 Å². The van der Waals surface area contributed by atoms with Gasteiger partial charge >= 0.3 is 0 Å². The van der Waals surface area contributed by atoms with Gasteiger partial charge in [0.25, 0.3) is 0 Å². The average Bonchev–Trinajstić information content (AvgIpc) is 2.62. The van der Waals surface area contributed by atoms with Gasteiger partial charge in [-0.15, -0.1) is 0 Å². The van der Waals surface area contributed by atoms with Crippen LogP contribution in [-0.4, -0.2) is 14.9 Å². The molecule has 0 amide bonds. The van der Waals surface area contributed by atoms with Crippen molar-refractivity contribution in [2.24, 2.45) is 5.92 Å². The molecular weight excluding hydrogens is 164 g/mol. The molecule has 0 spiro atoms. The van der Waals surface area contributed by atoms with Crippen molar-refractivity contribution in [2.45, 2.75) is 45.3 Å². The van der Waals surface area contributed by atoms with Crippen LogP contribution in [0.25, 0.3) is 0 Å². The van der Waals surface area contributed by atoms with E-state index >= 15 is 0 Å². The Labute approximate surface area is 77.6 Å². The second kappa shape index (κ2) is 3.15. The molecule has 0 saturated heterocycles. The highest BCUT2D eigenvalue weighted by molar-refractivity contribution is 6.74. The summed E-state index contributed by atoms with van der Waals surface area (Å²) in [4.78, 5) is 0. The van der Waals surface area contributed by atoms with Gasteiger partial charge in [0.2, 0.25) is 0 Å². The molecule has 0 aromatic heterocycles. The molecule has 1 fully saturated rings. The van der Waals surface area contributed by atoms with E-state index in [-0.39, 0.29) is 0 Å². The molecule has 71 valence electrons. The molecule has 0 bridgehead atoms. The van der Waals surface area contributed by atoms with E-state index in [1.807, 2.05) is 0 Å². The zero-order valence-electron chi connectivity index (χ0n) is 8.98. The van der Waals surface area contributed by atoms with Gasteiger partial charge in [-0.1, -0.05) is 20.8 Å². The predicted octanol–water partition coefficient (Wildman–Crippen LogP) is 3.23. The Balaban J connectivity index is 2.35. The minimum atomic E-state index is -1.45. The summed E-state index contributed by atoms with van der Waals surface area (Å²) in [6.07, 6.45) is 3.60. The van der Waals surface area contributed by atoms with Gasteiger partial charge in [-0.05, 0) is 36.9 Å². The Morgan fingerprint density at radius 1 is 1.42 bits per heavy atom. The van der Waals surface area contributed by atoms with Crippen molar-refractivity contribution in [1.29, 1.82) is 0 Å². The van der Waals surface area contributed by atoms with E-state index in [0.717, 1.165) is 12.5 Å². The Morgan fingerprint density at radius 3 is 2.25 bits per heavy atom. The SMILES string of the molecule is CC(C)(C)[Si](C)(C)OCC1[CH]C1. The lowest BCUT2D eigenvalue weighted by Gasteiger charge is -2.36. The summed E-state index contributed by atoms with van der Waals surface area (Å²) in [5.41, 5.74) is 0. The smallest absolute Gasteiger partial charge is 0.191 e. The molecule has 0 aliphatic heterocycles. The van der Waals surface area contributed by atoms with Crippen molar-refractivity contribution in [3.63, 3.8) is 0 Å². The van der Waals surface area contributed by atoms with Crippen LogP contribution in [0.1, 0.15) is 27.2 Å². The van der Waals surface area contributed by atoms with Crippen LogP contribution < -0.4 is 0 Å². The summed E-state index contributed by atoms with van der Waals surface area (Å²) in [5.74, 6) is 0.777. The fourth-order valence-corrected chi connectivity index (χ4v) is 1.83. The molecule has 0 aromatic rings. The largest absolute Gasteiger partial charge is 0.417 e. The highest BCUT2D eigenvalue weighted by Gasteiger charge is 2.38. The normalized spacial score (nSPS) is 19.8. The second-order valence-electron chi connectivity index (χ2n) is 5.30. The molecule has 1 nitrogen and oxygen atoms in total. The van der Waals surface area contributed by atoms with Crippen LogP contribution in [0.15, 0.2) is 0 Å². The predicted molar refractivity (Wildman–Crippen MR) is 55.6 cm³/mol. The van der Waals surface area contributed by atoms with Gasteiger partial charge in [0.15, 0.2) is 8.32 Å². The van der Waals surface area contributed by atoms with E-state index in [0.29, 0.717) is 5.04 Å². The van der Waals surface area contributed by atoms with Gasteiger partial charge in [-0.3, -0.25) is 0 Å². The third-order valence-corrected chi connectivity index (χ3v) is 7.53. The summed E-state index contributed by atoms with van der Waals surface area (Å²) < 4.78 is 6.03. The lowest BCUT2D eigenvalue weighted by molar-refractivity contribution is 0.276. The maximum absolute atomic E-state index is 6.03. The first-order chi connectivity index (χ1) is 5.33. The highest BCUT2D eigenvalue weighted by atomic mass is 28.4. The van der Waals surface area contributed by atoms with Crippen molar-refractivity contribution in [3.8, 4) is 0 Å². The van der Waals surface area contributed by atoms with E-state index in [9.17, 15) is 0 Å². The van der Waals surface area contributed by atoms with Crippen LogP contribution in [0, 0.1) is 12.3 Å². The van der Waals surface area contributed by atoms with Crippen molar-refractivity contribution in [2.75, 3.05) is 6.61 Å². The number of rotatable bonds is 3. The molecule has 1 radical (unpaired) electrons. The first kappa shape index (κ1) is 10.3. The zero-order chi connectivity index (χ0) is 9.41. The highest BCUT2D eigenvalue weighted by Crippen LogP contribution is 2.38. The standard InChI is InChI=1S/C10H21OSi/c1-10(2,3)12(4,5)11-8-9-6-7-9/h6,9H,7-8H2,1-5H3. The molecule has 12 heavy (non-hydrogen) atoms. The Bertz CT molecular complexity index is 154. The third kappa shape index (κ3) is 2.59. The van der Waals surface area contributed by atoms with Gasteiger partial charge in [0, 0.05) is 6.61 Å². The Morgan fingerprint density at radius 2 is 1.92 bits per heavy atom. The maximum atomic E-state index is 6.03. The molecule has 1 unspecified atom stereocenters. The summed E-state index contributed by atoms with van der Waals surface area (Å²) in [6, 6.07) is 0. The van der Waals surface area contributed by atoms with Crippen molar-refractivity contribution in [3.05, 3.63) is 6.42 Å². The monoisotopic (exact) mass is 185 g/mol. The Hall–Kier alpha value is 0.177. The number of hydrogen-bond donors (Lipinski definition) is 0. The van der Waals surface area contributed by atoms with Crippen molar-refractivity contribution >= 4 is 8.32 Å². The molecule has 1 saturated carbocycles. The molecular formula is C10H21OSi. The molecule has 1 aliphatic rings. The molecule has 1 aliphatic carbocycles. The minimum Gasteiger partial charge on any atom is -0.417 e. The quantitative estimate of drug-likeness (QED) is 0.613. The van der Waals surface area contributed by atoms with E-state index < -0.39 is 8.32 Å². The van der Waals surface area contributed by atoms with Gasteiger partial charge in [-0.25, -0.2) is 0 Å². The molecule has 1 rings (SSSR count). The zero-order valence-corrected chi connectivity index (χ0v) is 9.98. The van der Waals surface area contributed by atoms with Crippen molar-refractivity contribution < 1.29 is 4.43 Å². The van der Waals surface area contributed by atoms with Gasteiger partial charge in [-0.2, -0.15) is 0 Å². The maximum Gasteiger partial charge on any atom is 0.191 e. The van der Waals surface area contributed by atoms with E-state index in [1.165, 1.54) is 6.42 Å². The van der Waals surface area contributed by atoms with Crippen LogP contribution in [0.4, 0.5) is 0 Å². The first-order valence-corrected chi connectivity index (χ1v) is 7.71. The van der Waals surface area contributed by atoms with Gasteiger partial charge in [0.1, 0.15) is 0 Å². The average molecular weight is 185 g/mol. The lowest BCUT2D eigenvalue weighted by Crippen LogP contribution is -2.41. The van der Waals surface area contributed by atoms with E-state index in [1.54, 1.807) is 0 Å².